The molecule has 2 aromatic rings. The number of amides is 1. The van der Waals surface area contributed by atoms with E-state index in [0.717, 1.165) is 17.8 Å². The molecule has 6 nitrogen and oxygen atoms in total. The molecule has 0 aliphatic rings. The van der Waals surface area contributed by atoms with E-state index >= 15 is 0 Å². The molecule has 0 aliphatic heterocycles. The van der Waals surface area contributed by atoms with Crippen LogP contribution in [0.2, 0.25) is 10.0 Å². The fourth-order valence-corrected chi connectivity index (χ4v) is 1.99. The summed E-state index contributed by atoms with van der Waals surface area (Å²) in [5.41, 5.74) is 0.863. The largest absolute Gasteiger partial charge is 0.321 e. The number of halogens is 2. The molecule has 0 saturated carbocycles. The summed E-state index contributed by atoms with van der Waals surface area (Å²) in [6, 6.07) is 5.55. The van der Waals surface area contributed by atoms with Crippen LogP contribution >= 0.6 is 23.2 Å². The van der Waals surface area contributed by atoms with E-state index in [0.29, 0.717) is 5.69 Å². The molecule has 0 radical (unpaired) electrons. The van der Waals surface area contributed by atoms with E-state index in [1.807, 2.05) is 6.92 Å². The number of carbonyl (C=O) groups excluding carboxylic acids is 1. The highest BCUT2D eigenvalue weighted by atomic mass is 35.5. The van der Waals surface area contributed by atoms with Gasteiger partial charge in [0.1, 0.15) is 0 Å². The Labute approximate surface area is 129 Å². The van der Waals surface area contributed by atoms with Crippen molar-refractivity contribution in [3.05, 3.63) is 61.9 Å². The molecule has 0 aliphatic carbocycles. The van der Waals surface area contributed by atoms with Gasteiger partial charge in [0.15, 0.2) is 0 Å². The standard InChI is InChI=1S/C13H9Cl2N3O3/c1-7-2-3-8(6-16-7)17-13(19)10-4-9(18(20)21)5-11(14)12(10)15/h2-6H,1H3,(H,17,19). The van der Waals surface area contributed by atoms with Crippen LogP contribution in [0.3, 0.4) is 0 Å². The number of aromatic nitrogens is 1. The summed E-state index contributed by atoms with van der Waals surface area (Å²) in [7, 11) is 0. The fourth-order valence-electron chi connectivity index (χ4n) is 1.59. The van der Waals surface area contributed by atoms with Gasteiger partial charge in [-0.2, -0.15) is 0 Å². The maximum atomic E-state index is 12.1. The summed E-state index contributed by atoms with van der Waals surface area (Å²) in [6.07, 6.45) is 1.47. The highest BCUT2D eigenvalue weighted by molar-refractivity contribution is 6.44. The lowest BCUT2D eigenvalue weighted by Crippen LogP contribution is -2.13. The number of anilines is 1. The smallest absolute Gasteiger partial charge is 0.271 e. The Morgan fingerprint density at radius 2 is 2.05 bits per heavy atom. The van der Waals surface area contributed by atoms with Gasteiger partial charge in [-0.05, 0) is 19.1 Å². The van der Waals surface area contributed by atoms with Crippen LogP contribution < -0.4 is 5.32 Å². The lowest BCUT2D eigenvalue weighted by Gasteiger charge is -2.08. The Balaban J connectivity index is 2.34. The molecule has 2 rings (SSSR count). The Morgan fingerprint density at radius 3 is 2.62 bits per heavy atom. The number of benzene rings is 1. The monoisotopic (exact) mass is 325 g/mol. The van der Waals surface area contributed by atoms with Gasteiger partial charge in [-0.3, -0.25) is 19.9 Å². The van der Waals surface area contributed by atoms with Gasteiger partial charge in [-0.25, -0.2) is 0 Å². The van der Waals surface area contributed by atoms with Gasteiger partial charge in [0, 0.05) is 17.8 Å². The topological polar surface area (TPSA) is 85.1 Å². The van der Waals surface area contributed by atoms with E-state index in [4.69, 9.17) is 23.2 Å². The number of nitrogens with zero attached hydrogens (tertiary/aromatic N) is 2. The number of non-ortho nitro benzene ring substituents is 1. The fraction of sp³-hybridized carbons (Fsp3) is 0.0769. The Morgan fingerprint density at radius 1 is 1.33 bits per heavy atom. The highest BCUT2D eigenvalue weighted by Crippen LogP contribution is 2.31. The van der Waals surface area contributed by atoms with Gasteiger partial charge in [-0.1, -0.05) is 23.2 Å². The molecule has 1 aromatic carbocycles. The zero-order chi connectivity index (χ0) is 15.6. The molecule has 0 saturated heterocycles. The molecule has 0 unspecified atom stereocenters. The van der Waals surface area contributed by atoms with Gasteiger partial charge >= 0.3 is 0 Å². The number of aryl methyl sites for hydroxylation is 1. The third-order valence-electron chi connectivity index (χ3n) is 2.64. The van der Waals surface area contributed by atoms with E-state index in [2.05, 4.69) is 10.3 Å². The van der Waals surface area contributed by atoms with Gasteiger partial charge in [0.2, 0.25) is 0 Å². The van der Waals surface area contributed by atoms with Crippen LogP contribution in [0.15, 0.2) is 30.5 Å². The molecule has 0 bridgehead atoms. The third kappa shape index (κ3) is 3.48. The van der Waals surface area contributed by atoms with Crippen LogP contribution in [0.1, 0.15) is 16.1 Å². The SMILES string of the molecule is Cc1ccc(NC(=O)c2cc([N+](=O)[O-])cc(Cl)c2Cl)cn1. The summed E-state index contributed by atoms with van der Waals surface area (Å²) in [4.78, 5) is 26.3. The molecule has 1 heterocycles. The van der Waals surface area contributed by atoms with Crippen LogP contribution in [0.4, 0.5) is 11.4 Å². The molecular weight excluding hydrogens is 317 g/mol. The van der Waals surface area contributed by atoms with Crippen molar-refractivity contribution in [1.82, 2.24) is 4.98 Å². The second kappa shape index (κ2) is 6.07. The summed E-state index contributed by atoms with van der Waals surface area (Å²) in [5.74, 6) is -0.601. The lowest BCUT2D eigenvalue weighted by atomic mass is 10.2. The van der Waals surface area contributed by atoms with Crippen LogP contribution in [0, 0.1) is 17.0 Å². The number of hydrogen-bond donors (Lipinski definition) is 1. The van der Waals surface area contributed by atoms with Gasteiger partial charge in [0.05, 0.1) is 32.4 Å². The molecule has 1 aromatic heterocycles. The van der Waals surface area contributed by atoms with Crippen molar-refractivity contribution in [2.45, 2.75) is 6.92 Å². The number of nitro groups is 1. The summed E-state index contributed by atoms with van der Waals surface area (Å²) < 4.78 is 0. The first-order valence-electron chi connectivity index (χ1n) is 5.76. The molecular formula is C13H9Cl2N3O3. The normalized spacial score (nSPS) is 10.2. The Kier molecular flexibility index (Phi) is 4.40. The summed E-state index contributed by atoms with van der Waals surface area (Å²) in [6.45, 7) is 1.81. The predicted molar refractivity (Wildman–Crippen MR) is 80.0 cm³/mol. The van der Waals surface area contributed by atoms with Crippen LogP contribution in [0.25, 0.3) is 0 Å². The zero-order valence-electron chi connectivity index (χ0n) is 10.8. The minimum absolute atomic E-state index is 0.0418. The second-order valence-electron chi connectivity index (χ2n) is 4.19. The summed E-state index contributed by atoms with van der Waals surface area (Å²) >= 11 is 11.7. The van der Waals surface area contributed by atoms with Crippen molar-refractivity contribution in [3.8, 4) is 0 Å². The highest BCUT2D eigenvalue weighted by Gasteiger charge is 2.19. The van der Waals surface area contributed by atoms with E-state index in [1.54, 1.807) is 12.1 Å². The number of hydrogen-bond acceptors (Lipinski definition) is 4. The van der Waals surface area contributed by atoms with Crippen molar-refractivity contribution >= 4 is 40.5 Å². The third-order valence-corrected chi connectivity index (χ3v) is 3.44. The number of nitrogens with one attached hydrogen (secondary N) is 1. The predicted octanol–water partition coefficient (Wildman–Crippen LogP) is 3.86. The van der Waals surface area contributed by atoms with Crippen molar-refractivity contribution in [3.63, 3.8) is 0 Å². The van der Waals surface area contributed by atoms with Crippen molar-refractivity contribution < 1.29 is 9.72 Å². The van der Waals surface area contributed by atoms with Crippen LogP contribution in [-0.2, 0) is 0 Å². The number of nitro benzene ring substituents is 1. The van der Waals surface area contributed by atoms with Crippen molar-refractivity contribution in [2.24, 2.45) is 0 Å². The minimum Gasteiger partial charge on any atom is -0.321 e. The first-order chi connectivity index (χ1) is 9.88. The average molecular weight is 326 g/mol. The number of rotatable bonds is 3. The molecule has 0 spiro atoms. The quantitative estimate of drug-likeness (QED) is 0.685. The van der Waals surface area contributed by atoms with E-state index in [1.165, 1.54) is 6.20 Å². The molecule has 108 valence electrons. The molecule has 21 heavy (non-hydrogen) atoms. The molecule has 1 N–H and O–H groups in total. The Hall–Kier alpha value is -2.18. The molecule has 1 amide bonds. The van der Waals surface area contributed by atoms with Gasteiger partial charge in [-0.15, -0.1) is 0 Å². The average Bonchev–Trinajstić information content (AvgIpc) is 2.43. The maximum absolute atomic E-state index is 12.1. The number of carbonyl (C=O) groups is 1. The maximum Gasteiger partial charge on any atom is 0.271 e. The summed E-state index contributed by atoms with van der Waals surface area (Å²) in [5, 5.41) is 13.3. The van der Waals surface area contributed by atoms with Crippen molar-refractivity contribution in [2.75, 3.05) is 5.32 Å². The minimum atomic E-state index is -0.646. The molecule has 0 atom stereocenters. The van der Waals surface area contributed by atoms with Crippen LogP contribution in [-0.4, -0.2) is 15.8 Å². The Bertz CT molecular complexity index is 717. The lowest BCUT2D eigenvalue weighted by molar-refractivity contribution is -0.384. The van der Waals surface area contributed by atoms with E-state index < -0.39 is 10.8 Å². The first-order valence-corrected chi connectivity index (χ1v) is 6.51. The van der Waals surface area contributed by atoms with Gasteiger partial charge < -0.3 is 5.32 Å². The number of pyridine rings is 1. The van der Waals surface area contributed by atoms with E-state index in [9.17, 15) is 14.9 Å². The van der Waals surface area contributed by atoms with Gasteiger partial charge in [0.25, 0.3) is 11.6 Å². The molecule has 0 fully saturated rings. The second-order valence-corrected chi connectivity index (χ2v) is 4.97. The van der Waals surface area contributed by atoms with Crippen LogP contribution in [0.5, 0.6) is 0 Å². The van der Waals surface area contributed by atoms with E-state index in [-0.39, 0.29) is 21.3 Å². The first kappa shape index (κ1) is 15.2. The molecule has 8 heteroatoms. The zero-order valence-corrected chi connectivity index (χ0v) is 12.3. The van der Waals surface area contributed by atoms with Crippen molar-refractivity contribution in [1.29, 1.82) is 0 Å².